The number of ether oxygens (including phenoxy) is 2. The fraction of sp³-hybridized carbons (Fsp3) is 0.562. The molecule has 0 aliphatic heterocycles. The van der Waals surface area contributed by atoms with E-state index in [9.17, 15) is 4.79 Å². The second-order valence-corrected chi connectivity index (χ2v) is 4.99. The lowest BCUT2D eigenvalue weighted by molar-refractivity contribution is -0.122. The summed E-state index contributed by atoms with van der Waals surface area (Å²) >= 11 is 0. The number of carbonyl (C=O) groups is 1. The standard InChI is InChI=1S/C16H26N2O3/c1-12(14-8-5-6-9-15(14)21-4)18-13(2)16(19)17-10-7-11-20-3/h5-6,8-9,12-13,18H,7,10-11H2,1-4H3,(H,17,19)/t12-,13?/m0/s1. The minimum atomic E-state index is -0.271. The average molecular weight is 294 g/mol. The predicted molar refractivity (Wildman–Crippen MR) is 83.5 cm³/mol. The van der Waals surface area contributed by atoms with Gasteiger partial charge in [0.1, 0.15) is 5.75 Å². The molecule has 0 bridgehead atoms. The number of hydrogen-bond acceptors (Lipinski definition) is 4. The highest BCUT2D eigenvalue weighted by Crippen LogP contribution is 2.24. The zero-order chi connectivity index (χ0) is 15.7. The molecule has 0 aliphatic rings. The van der Waals surface area contributed by atoms with Gasteiger partial charge in [-0.25, -0.2) is 0 Å². The van der Waals surface area contributed by atoms with Crippen molar-refractivity contribution in [2.45, 2.75) is 32.4 Å². The van der Waals surface area contributed by atoms with Gasteiger partial charge in [-0.2, -0.15) is 0 Å². The number of hydrogen-bond donors (Lipinski definition) is 2. The molecule has 5 heteroatoms. The van der Waals surface area contributed by atoms with E-state index in [1.54, 1.807) is 14.2 Å². The van der Waals surface area contributed by atoms with E-state index in [1.807, 2.05) is 38.1 Å². The van der Waals surface area contributed by atoms with Crippen LogP contribution in [0.2, 0.25) is 0 Å². The van der Waals surface area contributed by atoms with E-state index in [0.29, 0.717) is 13.2 Å². The normalized spacial score (nSPS) is 13.5. The molecule has 1 aromatic carbocycles. The minimum absolute atomic E-state index is 0.00662. The first-order valence-electron chi connectivity index (χ1n) is 7.25. The lowest BCUT2D eigenvalue weighted by atomic mass is 10.1. The Hall–Kier alpha value is -1.59. The highest BCUT2D eigenvalue weighted by molar-refractivity contribution is 5.81. The van der Waals surface area contributed by atoms with Crippen LogP contribution in [-0.4, -0.2) is 39.3 Å². The zero-order valence-electron chi connectivity index (χ0n) is 13.3. The van der Waals surface area contributed by atoms with E-state index in [-0.39, 0.29) is 18.0 Å². The molecule has 0 radical (unpaired) electrons. The molecule has 118 valence electrons. The first-order valence-corrected chi connectivity index (χ1v) is 7.25. The highest BCUT2D eigenvalue weighted by Gasteiger charge is 2.17. The van der Waals surface area contributed by atoms with Crippen LogP contribution in [0.3, 0.4) is 0 Å². The van der Waals surface area contributed by atoms with Crippen molar-refractivity contribution >= 4 is 5.91 Å². The van der Waals surface area contributed by atoms with Crippen molar-refractivity contribution < 1.29 is 14.3 Å². The molecule has 0 spiro atoms. The van der Waals surface area contributed by atoms with Gasteiger partial charge in [-0.1, -0.05) is 18.2 Å². The number of benzene rings is 1. The maximum absolute atomic E-state index is 12.0. The van der Waals surface area contributed by atoms with Gasteiger partial charge in [0.25, 0.3) is 0 Å². The van der Waals surface area contributed by atoms with E-state index in [0.717, 1.165) is 17.7 Å². The molecule has 0 heterocycles. The van der Waals surface area contributed by atoms with Gasteiger partial charge in [0.2, 0.25) is 5.91 Å². The number of methoxy groups -OCH3 is 2. The van der Waals surface area contributed by atoms with Gasteiger partial charge in [-0.15, -0.1) is 0 Å². The average Bonchev–Trinajstić information content (AvgIpc) is 2.51. The smallest absolute Gasteiger partial charge is 0.236 e. The molecule has 1 amide bonds. The molecule has 0 fully saturated rings. The fourth-order valence-electron chi connectivity index (χ4n) is 2.15. The van der Waals surface area contributed by atoms with Gasteiger partial charge in [0.15, 0.2) is 0 Å². The number of carbonyl (C=O) groups excluding carboxylic acids is 1. The Morgan fingerprint density at radius 2 is 1.95 bits per heavy atom. The summed E-state index contributed by atoms with van der Waals surface area (Å²) in [6.07, 6.45) is 0.816. The Morgan fingerprint density at radius 3 is 2.62 bits per heavy atom. The third kappa shape index (κ3) is 5.73. The topological polar surface area (TPSA) is 59.6 Å². The van der Waals surface area contributed by atoms with E-state index in [4.69, 9.17) is 9.47 Å². The van der Waals surface area contributed by atoms with Crippen molar-refractivity contribution in [3.05, 3.63) is 29.8 Å². The van der Waals surface area contributed by atoms with Gasteiger partial charge >= 0.3 is 0 Å². The Labute approximate surface area is 127 Å². The summed E-state index contributed by atoms with van der Waals surface area (Å²) in [7, 11) is 3.30. The van der Waals surface area contributed by atoms with E-state index in [1.165, 1.54) is 0 Å². The SMILES string of the molecule is COCCCNC(=O)C(C)N[C@@H](C)c1ccccc1OC. The molecule has 1 unspecified atom stereocenters. The quantitative estimate of drug-likeness (QED) is 0.683. The number of para-hydroxylation sites is 1. The minimum Gasteiger partial charge on any atom is -0.496 e. The van der Waals surface area contributed by atoms with E-state index < -0.39 is 0 Å². The lowest BCUT2D eigenvalue weighted by Gasteiger charge is -2.21. The molecule has 2 N–H and O–H groups in total. The van der Waals surface area contributed by atoms with Crippen molar-refractivity contribution in [2.75, 3.05) is 27.4 Å². The van der Waals surface area contributed by atoms with Crippen molar-refractivity contribution in [2.24, 2.45) is 0 Å². The van der Waals surface area contributed by atoms with Gasteiger partial charge in [-0.3, -0.25) is 10.1 Å². The zero-order valence-corrected chi connectivity index (χ0v) is 13.3. The molecule has 0 aliphatic carbocycles. The van der Waals surface area contributed by atoms with E-state index in [2.05, 4.69) is 10.6 Å². The summed E-state index contributed by atoms with van der Waals surface area (Å²) in [4.78, 5) is 12.0. The fourth-order valence-corrected chi connectivity index (χ4v) is 2.15. The molecule has 0 aromatic heterocycles. The van der Waals surface area contributed by atoms with Gasteiger partial charge < -0.3 is 14.8 Å². The first-order chi connectivity index (χ1) is 10.1. The second-order valence-electron chi connectivity index (χ2n) is 4.99. The van der Waals surface area contributed by atoms with Gasteiger partial charge in [-0.05, 0) is 26.3 Å². The Morgan fingerprint density at radius 1 is 1.24 bits per heavy atom. The lowest BCUT2D eigenvalue weighted by Crippen LogP contribution is -2.43. The van der Waals surface area contributed by atoms with Crippen LogP contribution < -0.4 is 15.4 Å². The Kier molecular flexibility index (Phi) is 7.79. The van der Waals surface area contributed by atoms with Crippen LogP contribution in [0.4, 0.5) is 0 Å². The summed E-state index contributed by atoms with van der Waals surface area (Å²) in [6, 6.07) is 7.57. The summed E-state index contributed by atoms with van der Waals surface area (Å²) in [5, 5.41) is 6.18. The Bertz CT molecular complexity index is 437. The summed E-state index contributed by atoms with van der Waals surface area (Å²) in [6.45, 7) is 5.16. The number of rotatable bonds is 9. The van der Waals surface area contributed by atoms with Gasteiger partial charge in [0, 0.05) is 31.9 Å². The molecule has 21 heavy (non-hydrogen) atoms. The molecular weight excluding hydrogens is 268 g/mol. The van der Waals surface area contributed by atoms with Crippen molar-refractivity contribution in [1.82, 2.24) is 10.6 Å². The maximum atomic E-state index is 12.0. The largest absolute Gasteiger partial charge is 0.496 e. The molecule has 0 saturated heterocycles. The van der Waals surface area contributed by atoms with Crippen molar-refractivity contribution in [1.29, 1.82) is 0 Å². The van der Waals surface area contributed by atoms with Crippen LogP contribution in [0.15, 0.2) is 24.3 Å². The molecule has 5 nitrogen and oxygen atoms in total. The summed E-state index contributed by atoms with van der Waals surface area (Å²) in [5.74, 6) is 0.818. The highest BCUT2D eigenvalue weighted by atomic mass is 16.5. The van der Waals surface area contributed by atoms with Crippen LogP contribution in [0, 0.1) is 0 Å². The van der Waals surface area contributed by atoms with Crippen LogP contribution >= 0.6 is 0 Å². The molecular formula is C16H26N2O3. The van der Waals surface area contributed by atoms with Gasteiger partial charge in [0.05, 0.1) is 13.2 Å². The second kappa shape index (κ2) is 9.37. The summed E-state index contributed by atoms with van der Waals surface area (Å²) in [5.41, 5.74) is 1.04. The molecule has 2 atom stereocenters. The third-order valence-corrected chi connectivity index (χ3v) is 3.32. The number of nitrogens with one attached hydrogen (secondary N) is 2. The van der Waals surface area contributed by atoms with Crippen LogP contribution in [-0.2, 0) is 9.53 Å². The monoisotopic (exact) mass is 294 g/mol. The maximum Gasteiger partial charge on any atom is 0.236 e. The Balaban J connectivity index is 2.49. The predicted octanol–water partition coefficient (Wildman–Crippen LogP) is 1.89. The van der Waals surface area contributed by atoms with Crippen LogP contribution in [0.5, 0.6) is 5.75 Å². The molecule has 0 saturated carbocycles. The van der Waals surface area contributed by atoms with Crippen LogP contribution in [0.25, 0.3) is 0 Å². The third-order valence-electron chi connectivity index (χ3n) is 3.32. The molecule has 1 aromatic rings. The van der Waals surface area contributed by atoms with Crippen LogP contribution in [0.1, 0.15) is 31.9 Å². The molecule has 1 rings (SSSR count). The van der Waals surface area contributed by atoms with Crippen molar-refractivity contribution in [3.63, 3.8) is 0 Å². The summed E-state index contributed by atoms with van der Waals surface area (Å²) < 4.78 is 10.3. The number of amides is 1. The first kappa shape index (κ1) is 17.5. The van der Waals surface area contributed by atoms with Crippen molar-refractivity contribution in [3.8, 4) is 5.75 Å². The van der Waals surface area contributed by atoms with E-state index >= 15 is 0 Å².